The van der Waals surface area contributed by atoms with Crippen molar-refractivity contribution in [3.63, 3.8) is 0 Å². The summed E-state index contributed by atoms with van der Waals surface area (Å²) in [5, 5.41) is 2.89. The zero-order valence-electron chi connectivity index (χ0n) is 17.2. The summed E-state index contributed by atoms with van der Waals surface area (Å²) in [6, 6.07) is 14.4. The predicted octanol–water partition coefficient (Wildman–Crippen LogP) is 3.62. The monoisotopic (exact) mass is 408 g/mol. The van der Waals surface area contributed by atoms with Gasteiger partial charge in [-0.15, -0.1) is 0 Å². The van der Waals surface area contributed by atoms with Crippen LogP contribution in [0.25, 0.3) is 0 Å². The highest BCUT2D eigenvalue weighted by molar-refractivity contribution is 5.95. The number of hydrogen-bond donors (Lipinski definition) is 1. The number of nitrogens with one attached hydrogen (secondary N) is 1. The Morgan fingerprint density at radius 3 is 2.17 bits per heavy atom. The van der Waals surface area contributed by atoms with Crippen molar-refractivity contribution in [1.82, 2.24) is 10.3 Å². The van der Waals surface area contributed by atoms with Crippen molar-refractivity contribution >= 4 is 5.91 Å². The maximum absolute atomic E-state index is 12.6. The van der Waals surface area contributed by atoms with Gasteiger partial charge in [-0.05, 0) is 47.5 Å². The molecule has 1 heterocycles. The van der Waals surface area contributed by atoms with Crippen LogP contribution in [-0.4, -0.2) is 32.2 Å². The minimum atomic E-state index is -0.232. The van der Waals surface area contributed by atoms with E-state index in [1.807, 2.05) is 30.3 Å². The number of methoxy groups -OCH3 is 3. The van der Waals surface area contributed by atoms with E-state index < -0.39 is 0 Å². The average Bonchev–Trinajstić information content (AvgIpc) is 2.81. The minimum Gasteiger partial charge on any atom is -0.497 e. The van der Waals surface area contributed by atoms with E-state index in [1.54, 1.807) is 51.9 Å². The molecule has 1 amide bonds. The lowest BCUT2D eigenvalue weighted by Crippen LogP contribution is -2.22. The van der Waals surface area contributed by atoms with Crippen LogP contribution in [0, 0.1) is 0 Å². The number of ether oxygens (including phenoxy) is 4. The molecular formula is C23H24N2O5. The van der Waals surface area contributed by atoms with E-state index in [9.17, 15) is 4.79 Å². The molecule has 1 N–H and O–H groups in total. The van der Waals surface area contributed by atoms with Crippen LogP contribution >= 0.6 is 0 Å². The molecule has 0 radical (unpaired) electrons. The Kier molecular flexibility index (Phi) is 7.10. The van der Waals surface area contributed by atoms with Crippen molar-refractivity contribution in [1.29, 1.82) is 0 Å². The second-order valence-electron chi connectivity index (χ2n) is 6.41. The Labute approximate surface area is 175 Å². The van der Waals surface area contributed by atoms with Crippen LogP contribution in [0.3, 0.4) is 0 Å². The van der Waals surface area contributed by atoms with Crippen molar-refractivity contribution in [3.8, 4) is 23.0 Å². The first kappa shape index (κ1) is 21.0. The number of hydrogen-bond acceptors (Lipinski definition) is 6. The van der Waals surface area contributed by atoms with E-state index in [2.05, 4.69) is 10.3 Å². The molecule has 0 spiro atoms. The number of pyridine rings is 1. The van der Waals surface area contributed by atoms with Gasteiger partial charge < -0.3 is 24.3 Å². The van der Waals surface area contributed by atoms with Gasteiger partial charge in [-0.25, -0.2) is 0 Å². The van der Waals surface area contributed by atoms with Crippen LogP contribution in [0.2, 0.25) is 0 Å². The number of carbonyl (C=O) groups excluding carboxylic acids is 1. The van der Waals surface area contributed by atoms with Gasteiger partial charge in [0.1, 0.15) is 18.1 Å². The summed E-state index contributed by atoms with van der Waals surface area (Å²) in [6.45, 7) is 0.742. The zero-order valence-corrected chi connectivity index (χ0v) is 17.2. The smallest absolute Gasteiger partial charge is 0.251 e. The molecule has 156 valence electrons. The molecule has 3 aromatic rings. The molecular weight excluding hydrogens is 384 g/mol. The van der Waals surface area contributed by atoms with Gasteiger partial charge in [0.2, 0.25) is 0 Å². The fourth-order valence-electron chi connectivity index (χ4n) is 2.80. The van der Waals surface area contributed by atoms with Crippen molar-refractivity contribution in [2.24, 2.45) is 0 Å². The maximum atomic E-state index is 12.6. The molecule has 0 saturated carbocycles. The van der Waals surface area contributed by atoms with Crippen molar-refractivity contribution in [3.05, 3.63) is 77.6 Å². The molecule has 0 aliphatic carbocycles. The summed E-state index contributed by atoms with van der Waals surface area (Å²) >= 11 is 0. The summed E-state index contributed by atoms with van der Waals surface area (Å²) in [5.41, 5.74) is 2.35. The third kappa shape index (κ3) is 5.41. The first-order valence-corrected chi connectivity index (χ1v) is 9.33. The van der Waals surface area contributed by atoms with Gasteiger partial charge in [-0.2, -0.15) is 0 Å². The van der Waals surface area contributed by atoms with Crippen LogP contribution in [0.15, 0.2) is 60.9 Å². The van der Waals surface area contributed by atoms with Crippen LogP contribution < -0.4 is 24.3 Å². The van der Waals surface area contributed by atoms with E-state index in [4.69, 9.17) is 18.9 Å². The Hall–Kier alpha value is -3.74. The van der Waals surface area contributed by atoms with Crippen LogP contribution in [0.4, 0.5) is 0 Å². The lowest BCUT2D eigenvalue weighted by molar-refractivity contribution is 0.0950. The summed E-state index contributed by atoms with van der Waals surface area (Å²) in [6.07, 6.45) is 3.44. The molecule has 7 heteroatoms. The number of amides is 1. The third-order valence-electron chi connectivity index (χ3n) is 4.44. The van der Waals surface area contributed by atoms with E-state index in [1.165, 1.54) is 0 Å². The first-order chi connectivity index (χ1) is 14.6. The fraction of sp³-hybridized carbons (Fsp3) is 0.217. The summed E-state index contributed by atoms with van der Waals surface area (Å²) in [5.74, 6) is 2.10. The van der Waals surface area contributed by atoms with Gasteiger partial charge in [0.15, 0.2) is 11.5 Å². The molecule has 0 bridgehead atoms. The highest BCUT2D eigenvalue weighted by Gasteiger charge is 2.11. The predicted molar refractivity (Wildman–Crippen MR) is 112 cm³/mol. The van der Waals surface area contributed by atoms with Gasteiger partial charge in [0.25, 0.3) is 5.91 Å². The zero-order chi connectivity index (χ0) is 21.3. The Morgan fingerprint density at radius 1 is 0.833 bits per heavy atom. The lowest BCUT2D eigenvalue weighted by atomic mass is 10.1. The lowest BCUT2D eigenvalue weighted by Gasteiger charge is -2.13. The second kappa shape index (κ2) is 10.2. The molecule has 0 fully saturated rings. The topological polar surface area (TPSA) is 78.9 Å². The number of aromatic nitrogens is 1. The van der Waals surface area contributed by atoms with Crippen molar-refractivity contribution in [2.45, 2.75) is 13.2 Å². The van der Waals surface area contributed by atoms with Gasteiger partial charge in [0, 0.05) is 30.6 Å². The highest BCUT2D eigenvalue weighted by Crippen LogP contribution is 2.29. The van der Waals surface area contributed by atoms with Crippen molar-refractivity contribution < 1.29 is 23.7 Å². The Morgan fingerprint density at radius 2 is 1.53 bits per heavy atom. The normalized spacial score (nSPS) is 10.2. The van der Waals surface area contributed by atoms with E-state index in [0.29, 0.717) is 41.7 Å². The number of carbonyl (C=O) groups is 1. The highest BCUT2D eigenvalue weighted by atomic mass is 16.5. The van der Waals surface area contributed by atoms with Crippen molar-refractivity contribution in [2.75, 3.05) is 21.3 Å². The van der Waals surface area contributed by atoms with E-state index in [0.717, 1.165) is 11.1 Å². The summed E-state index contributed by atoms with van der Waals surface area (Å²) in [4.78, 5) is 16.5. The summed E-state index contributed by atoms with van der Waals surface area (Å²) < 4.78 is 21.7. The Balaban J connectivity index is 1.65. The second-order valence-corrected chi connectivity index (χ2v) is 6.41. The molecule has 0 unspecified atom stereocenters. The first-order valence-electron chi connectivity index (χ1n) is 9.33. The third-order valence-corrected chi connectivity index (χ3v) is 4.44. The number of benzene rings is 2. The van der Waals surface area contributed by atoms with E-state index in [-0.39, 0.29) is 5.91 Å². The number of rotatable bonds is 9. The molecule has 0 aliphatic heterocycles. The molecule has 0 saturated heterocycles. The fourth-order valence-corrected chi connectivity index (χ4v) is 2.80. The van der Waals surface area contributed by atoms with Crippen LogP contribution in [-0.2, 0) is 13.2 Å². The largest absolute Gasteiger partial charge is 0.497 e. The molecule has 0 aliphatic rings. The van der Waals surface area contributed by atoms with Gasteiger partial charge >= 0.3 is 0 Å². The van der Waals surface area contributed by atoms with Crippen LogP contribution in [0.5, 0.6) is 23.0 Å². The molecule has 7 nitrogen and oxygen atoms in total. The average molecular weight is 408 g/mol. The standard InChI is InChI=1S/C23H24N2O5/c1-27-19-11-18(12-20(13-19)28-2)23(26)25-14-17-4-5-21(22(10-17)29-3)30-15-16-6-8-24-9-7-16/h4-13H,14-15H2,1-3H3,(H,25,26). The molecule has 1 aromatic heterocycles. The molecule has 2 aromatic carbocycles. The maximum Gasteiger partial charge on any atom is 0.251 e. The quantitative estimate of drug-likeness (QED) is 0.583. The van der Waals surface area contributed by atoms with E-state index >= 15 is 0 Å². The minimum absolute atomic E-state index is 0.232. The summed E-state index contributed by atoms with van der Waals surface area (Å²) in [7, 11) is 4.67. The SMILES string of the molecule is COc1cc(OC)cc(C(=O)NCc2ccc(OCc3ccncc3)c(OC)c2)c1. The van der Waals surface area contributed by atoms with Crippen LogP contribution in [0.1, 0.15) is 21.5 Å². The molecule has 0 atom stereocenters. The number of nitrogens with zero attached hydrogens (tertiary/aromatic N) is 1. The molecule has 3 rings (SSSR count). The van der Waals surface area contributed by atoms with Gasteiger partial charge in [-0.3, -0.25) is 9.78 Å². The Bertz CT molecular complexity index is 970. The molecule has 30 heavy (non-hydrogen) atoms. The van der Waals surface area contributed by atoms with Gasteiger partial charge in [-0.1, -0.05) is 6.07 Å². The van der Waals surface area contributed by atoms with Gasteiger partial charge in [0.05, 0.1) is 21.3 Å².